The van der Waals surface area contributed by atoms with Crippen LogP contribution in [0.4, 0.5) is 0 Å². The van der Waals surface area contributed by atoms with Gasteiger partial charge in [0.25, 0.3) is 0 Å². The van der Waals surface area contributed by atoms with Crippen molar-refractivity contribution in [2.24, 2.45) is 17.1 Å². The minimum absolute atomic E-state index is 0. The molecule has 3 N–H and O–H groups in total. The number of halogens is 1. The van der Waals surface area contributed by atoms with Crippen molar-refractivity contribution < 1.29 is 14.3 Å². The quantitative estimate of drug-likeness (QED) is 0.700. The number of rotatable bonds is 7. The normalized spacial score (nSPS) is 21.6. The van der Waals surface area contributed by atoms with Crippen LogP contribution in [0.25, 0.3) is 0 Å². The van der Waals surface area contributed by atoms with E-state index in [0.29, 0.717) is 13.2 Å². The first-order valence-electron chi connectivity index (χ1n) is 8.20. The second-order valence-electron chi connectivity index (χ2n) is 5.97. The number of nitrogens with two attached hydrogens (primary N) is 1. The van der Waals surface area contributed by atoms with Crippen molar-refractivity contribution in [2.75, 3.05) is 13.2 Å². The molecule has 0 spiro atoms. The Hall–Kier alpha value is -0.810. The molecule has 0 bridgehead atoms. The summed E-state index contributed by atoms with van der Waals surface area (Å²) in [5.74, 6) is -0.0370. The summed E-state index contributed by atoms with van der Waals surface area (Å²) in [6.07, 6.45) is 4.76. The molecule has 1 aliphatic rings. The van der Waals surface area contributed by atoms with Crippen LogP contribution >= 0.6 is 12.4 Å². The molecule has 22 heavy (non-hydrogen) atoms. The fraction of sp³-hybridized carbons (Fsp3) is 0.875. The fourth-order valence-electron chi connectivity index (χ4n) is 3.02. The molecule has 0 radical (unpaired) electrons. The molecule has 6 heteroatoms. The van der Waals surface area contributed by atoms with Gasteiger partial charge in [0.1, 0.15) is 0 Å². The highest BCUT2D eigenvalue weighted by atomic mass is 35.5. The van der Waals surface area contributed by atoms with Crippen LogP contribution in [-0.2, 0) is 14.3 Å². The van der Waals surface area contributed by atoms with Crippen LogP contribution in [0.5, 0.6) is 0 Å². The van der Waals surface area contributed by atoms with Gasteiger partial charge in [-0.05, 0) is 45.4 Å². The lowest BCUT2D eigenvalue weighted by atomic mass is 9.80. The second-order valence-corrected chi connectivity index (χ2v) is 5.97. The Kier molecular flexibility index (Phi) is 9.69. The van der Waals surface area contributed by atoms with Crippen molar-refractivity contribution in [3.63, 3.8) is 0 Å². The van der Waals surface area contributed by atoms with E-state index in [1.54, 1.807) is 0 Å². The first kappa shape index (κ1) is 21.2. The summed E-state index contributed by atoms with van der Waals surface area (Å²) >= 11 is 0. The zero-order valence-electron chi connectivity index (χ0n) is 14.0. The Morgan fingerprint density at radius 3 is 2.09 bits per heavy atom. The van der Waals surface area contributed by atoms with E-state index in [9.17, 15) is 9.59 Å². The van der Waals surface area contributed by atoms with E-state index in [4.69, 9.17) is 10.5 Å². The molecule has 1 aliphatic carbocycles. The molecular weight excluding hydrogens is 304 g/mol. The Balaban J connectivity index is 0.00000441. The molecule has 130 valence electrons. The molecule has 0 unspecified atom stereocenters. The standard InChI is InChI=1S/C16H30N2O3.ClH/c1-4-16(5-2,11-17)15(20)18-13-9-7-12(8-10-13)14(19)21-6-3;/h12-13H,4-11,17H2,1-3H3,(H,18,20);1H. The van der Waals surface area contributed by atoms with Crippen LogP contribution in [0.1, 0.15) is 59.3 Å². The number of amides is 1. The van der Waals surface area contributed by atoms with Gasteiger partial charge >= 0.3 is 5.97 Å². The monoisotopic (exact) mass is 334 g/mol. The zero-order valence-corrected chi connectivity index (χ0v) is 14.8. The molecule has 0 aromatic rings. The van der Waals surface area contributed by atoms with Crippen molar-refractivity contribution in [1.82, 2.24) is 5.32 Å². The van der Waals surface area contributed by atoms with E-state index in [2.05, 4.69) is 5.32 Å². The van der Waals surface area contributed by atoms with Gasteiger partial charge in [0, 0.05) is 12.6 Å². The van der Waals surface area contributed by atoms with E-state index in [0.717, 1.165) is 38.5 Å². The molecule has 0 aliphatic heterocycles. The average Bonchev–Trinajstić information content (AvgIpc) is 2.50. The topological polar surface area (TPSA) is 81.4 Å². The third-order valence-electron chi connectivity index (χ3n) is 4.91. The first-order chi connectivity index (χ1) is 10.0. The number of hydrogen-bond acceptors (Lipinski definition) is 4. The molecule has 0 aromatic carbocycles. The second kappa shape index (κ2) is 10.1. The number of hydrogen-bond donors (Lipinski definition) is 2. The summed E-state index contributed by atoms with van der Waals surface area (Å²) < 4.78 is 5.06. The first-order valence-corrected chi connectivity index (χ1v) is 8.20. The van der Waals surface area contributed by atoms with Gasteiger partial charge in [0.2, 0.25) is 5.91 Å². The molecule has 5 nitrogen and oxygen atoms in total. The summed E-state index contributed by atoms with van der Waals surface area (Å²) in [6.45, 7) is 6.65. The highest BCUT2D eigenvalue weighted by Gasteiger charge is 2.35. The molecule has 0 saturated heterocycles. The van der Waals surface area contributed by atoms with Crippen LogP contribution < -0.4 is 11.1 Å². The van der Waals surface area contributed by atoms with Gasteiger partial charge in [0.15, 0.2) is 0 Å². The van der Waals surface area contributed by atoms with Gasteiger partial charge in [-0.3, -0.25) is 9.59 Å². The minimum Gasteiger partial charge on any atom is -0.466 e. The number of carbonyl (C=O) groups excluding carboxylic acids is 2. The lowest BCUT2D eigenvalue weighted by Crippen LogP contribution is -2.49. The molecule has 1 amide bonds. The van der Waals surface area contributed by atoms with Crippen molar-refractivity contribution >= 4 is 24.3 Å². The lowest BCUT2D eigenvalue weighted by Gasteiger charge is -2.33. The minimum atomic E-state index is -0.446. The van der Waals surface area contributed by atoms with E-state index in [1.165, 1.54) is 0 Å². The van der Waals surface area contributed by atoms with Crippen LogP contribution in [0, 0.1) is 11.3 Å². The van der Waals surface area contributed by atoms with Crippen molar-refractivity contribution in [3.8, 4) is 0 Å². The molecule has 0 heterocycles. The molecule has 1 rings (SSSR count). The smallest absolute Gasteiger partial charge is 0.308 e. The maximum Gasteiger partial charge on any atom is 0.308 e. The largest absolute Gasteiger partial charge is 0.466 e. The maximum absolute atomic E-state index is 12.5. The van der Waals surface area contributed by atoms with Crippen molar-refractivity contribution in [2.45, 2.75) is 65.3 Å². The summed E-state index contributed by atoms with van der Waals surface area (Å²) in [5, 5.41) is 3.13. The van der Waals surface area contributed by atoms with Gasteiger partial charge in [-0.25, -0.2) is 0 Å². The van der Waals surface area contributed by atoms with Gasteiger partial charge in [-0.15, -0.1) is 12.4 Å². The van der Waals surface area contributed by atoms with Crippen LogP contribution in [0.15, 0.2) is 0 Å². The summed E-state index contributed by atoms with van der Waals surface area (Å²) in [6, 6.07) is 0.159. The van der Waals surface area contributed by atoms with E-state index >= 15 is 0 Å². The van der Waals surface area contributed by atoms with E-state index < -0.39 is 5.41 Å². The zero-order chi connectivity index (χ0) is 15.9. The predicted molar refractivity (Wildman–Crippen MR) is 89.8 cm³/mol. The summed E-state index contributed by atoms with van der Waals surface area (Å²) in [7, 11) is 0. The highest BCUT2D eigenvalue weighted by Crippen LogP contribution is 2.29. The molecule has 1 fully saturated rings. The van der Waals surface area contributed by atoms with Crippen LogP contribution in [0.3, 0.4) is 0 Å². The number of carbonyl (C=O) groups is 2. The van der Waals surface area contributed by atoms with Crippen LogP contribution in [-0.4, -0.2) is 31.1 Å². The highest BCUT2D eigenvalue weighted by molar-refractivity contribution is 5.85. The Labute approximate surface area is 140 Å². The molecule has 1 saturated carbocycles. The van der Waals surface area contributed by atoms with Gasteiger partial charge < -0.3 is 15.8 Å². The summed E-state index contributed by atoms with van der Waals surface area (Å²) in [4.78, 5) is 24.2. The summed E-state index contributed by atoms with van der Waals surface area (Å²) in [5.41, 5.74) is 5.36. The predicted octanol–water partition coefficient (Wildman–Crippen LogP) is 2.41. The Morgan fingerprint density at radius 2 is 1.68 bits per heavy atom. The molecular formula is C16H31ClN2O3. The van der Waals surface area contributed by atoms with Crippen LogP contribution in [0.2, 0.25) is 0 Å². The fourth-order valence-corrected chi connectivity index (χ4v) is 3.02. The molecule has 0 atom stereocenters. The number of esters is 1. The number of nitrogens with one attached hydrogen (secondary N) is 1. The van der Waals surface area contributed by atoms with Crippen molar-refractivity contribution in [3.05, 3.63) is 0 Å². The van der Waals surface area contributed by atoms with E-state index in [1.807, 2.05) is 20.8 Å². The SMILES string of the molecule is CCOC(=O)C1CCC(NC(=O)C(CC)(CC)CN)CC1.Cl. The van der Waals surface area contributed by atoms with Gasteiger partial charge in [-0.1, -0.05) is 13.8 Å². The van der Waals surface area contributed by atoms with E-state index in [-0.39, 0.29) is 36.2 Å². The Bertz CT molecular complexity index is 343. The van der Waals surface area contributed by atoms with Gasteiger partial charge in [-0.2, -0.15) is 0 Å². The van der Waals surface area contributed by atoms with Crippen molar-refractivity contribution in [1.29, 1.82) is 0 Å². The lowest BCUT2D eigenvalue weighted by molar-refractivity contribution is -0.149. The third-order valence-corrected chi connectivity index (χ3v) is 4.91. The Morgan fingerprint density at radius 1 is 1.14 bits per heavy atom. The molecule has 0 aromatic heterocycles. The average molecular weight is 335 g/mol. The maximum atomic E-state index is 12.5. The third kappa shape index (κ3) is 5.13. The van der Waals surface area contributed by atoms with Gasteiger partial charge in [0.05, 0.1) is 17.9 Å². The number of ether oxygens (including phenoxy) is 1.